The molecule has 0 amide bonds. The van der Waals surface area contributed by atoms with Crippen LogP contribution in [0.25, 0.3) is 0 Å². The highest BCUT2D eigenvalue weighted by molar-refractivity contribution is 5.20. The van der Waals surface area contributed by atoms with Gasteiger partial charge in [-0.3, -0.25) is 0 Å². The van der Waals surface area contributed by atoms with Gasteiger partial charge in [-0.2, -0.15) is 0 Å². The summed E-state index contributed by atoms with van der Waals surface area (Å²) in [6.45, 7) is 1.83. The molecule has 8 atom stereocenters. The number of alkyl halides is 3. The topological polar surface area (TPSA) is 52.5 Å². The van der Waals surface area contributed by atoms with Gasteiger partial charge in [0.1, 0.15) is 23.1 Å². The van der Waals surface area contributed by atoms with Gasteiger partial charge in [0, 0.05) is 18.3 Å². The molecule has 158 valence electrons. The van der Waals surface area contributed by atoms with Gasteiger partial charge in [0.05, 0.1) is 6.10 Å². The minimum atomic E-state index is -2.01. The van der Waals surface area contributed by atoms with Crippen molar-refractivity contribution in [2.45, 2.75) is 100 Å². The fourth-order valence-electron chi connectivity index (χ4n) is 6.73. The van der Waals surface area contributed by atoms with Crippen LogP contribution < -0.4 is 5.32 Å². The fraction of sp³-hybridized carbons (Fsp3) is 1.00. The summed E-state index contributed by atoms with van der Waals surface area (Å²) in [5.41, 5.74) is -6.09. The molecule has 4 saturated carbocycles. The van der Waals surface area contributed by atoms with Crippen molar-refractivity contribution in [3.8, 4) is 0 Å². The molecule has 0 heterocycles. The van der Waals surface area contributed by atoms with Crippen LogP contribution in [-0.4, -0.2) is 53.5 Å². The summed E-state index contributed by atoms with van der Waals surface area (Å²) < 4.78 is 46.2. The predicted molar refractivity (Wildman–Crippen MR) is 99.8 cm³/mol. The second-order valence-electron chi connectivity index (χ2n) is 9.88. The Balaban J connectivity index is 0.000000659. The van der Waals surface area contributed by atoms with E-state index in [1.165, 1.54) is 0 Å². The molecule has 3 nitrogen and oxygen atoms in total. The van der Waals surface area contributed by atoms with E-state index in [1.807, 2.05) is 21.0 Å². The van der Waals surface area contributed by atoms with E-state index in [-0.39, 0.29) is 31.6 Å². The Morgan fingerprint density at radius 3 is 2.30 bits per heavy atom. The van der Waals surface area contributed by atoms with Crippen molar-refractivity contribution in [3.63, 3.8) is 0 Å². The van der Waals surface area contributed by atoms with Crippen molar-refractivity contribution in [1.82, 2.24) is 5.32 Å². The van der Waals surface area contributed by atoms with E-state index < -0.39 is 40.5 Å². The van der Waals surface area contributed by atoms with Crippen molar-refractivity contribution in [1.29, 1.82) is 0 Å². The lowest BCUT2D eigenvalue weighted by Gasteiger charge is -2.56. The second-order valence-corrected chi connectivity index (χ2v) is 9.88. The van der Waals surface area contributed by atoms with Crippen LogP contribution in [-0.2, 0) is 0 Å². The second kappa shape index (κ2) is 7.17. The number of hydrogen-bond acceptors (Lipinski definition) is 3. The van der Waals surface area contributed by atoms with Crippen LogP contribution in [0.15, 0.2) is 0 Å². The molecular weight excluding hydrogens is 355 g/mol. The normalized spacial score (nSPS) is 54.7. The van der Waals surface area contributed by atoms with Gasteiger partial charge in [-0.15, -0.1) is 0 Å². The van der Waals surface area contributed by atoms with E-state index >= 15 is 8.78 Å². The molecule has 4 aliphatic rings. The maximum atomic E-state index is 16.0. The molecule has 0 aliphatic heterocycles. The first-order chi connectivity index (χ1) is 12.5. The first kappa shape index (κ1) is 21.4. The maximum absolute atomic E-state index is 16.0. The van der Waals surface area contributed by atoms with Crippen LogP contribution >= 0.6 is 0 Å². The highest BCUT2D eigenvalue weighted by atomic mass is 19.2. The van der Waals surface area contributed by atoms with Crippen LogP contribution in [0.1, 0.15) is 71.1 Å². The van der Waals surface area contributed by atoms with E-state index in [0.29, 0.717) is 38.5 Å². The lowest BCUT2D eigenvalue weighted by molar-refractivity contribution is -0.212. The Labute approximate surface area is 161 Å². The molecule has 4 fully saturated rings. The van der Waals surface area contributed by atoms with Gasteiger partial charge in [-0.25, -0.2) is 13.2 Å². The van der Waals surface area contributed by atoms with E-state index in [2.05, 4.69) is 5.32 Å². The SMILES string of the molecule is CC12CCC3(F)CC4(F)CC(O)CCC4CC[C@]3(O)C1CCC2F.CNC. The van der Waals surface area contributed by atoms with Gasteiger partial charge in [-0.1, -0.05) is 6.92 Å². The monoisotopic (exact) mass is 391 g/mol. The first-order valence-electron chi connectivity index (χ1n) is 10.6. The summed E-state index contributed by atoms with van der Waals surface area (Å²) in [5, 5.41) is 24.1. The lowest BCUT2D eigenvalue weighted by Crippen LogP contribution is -2.64. The Morgan fingerprint density at radius 1 is 0.963 bits per heavy atom. The van der Waals surface area contributed by atoms with E-state index in [0.717, 1.165) is 0 Å². The molecule has 0 saturated heterocycles. The highest BCUT2D eigenvalue weighted by Crippen LogP contribution is 2.66. The summed E-state index contributed by atoms with van der Waals surface area (Å²) in [5.74, 6) is -0.746. The van der Waals surface area contributed by atoms with Crippen LogP contribution in [0, 0.1) is 17.3 Å². The molecular formula is C21H36F3NO2. The number of rotatable bonds is 0. The highest BCUT2D eigenvalue weighted by Gasteiger charge is 2.70. The van der Waals surface area contributed by atoms with Crippen LogP contribution in [0.5, 0.6) is 0 Å². The zero-order chi connectivity index (χ0) is 20.1. The van der Waals surface area contributed by atoms with Gasteiger partial charge >= 0.3 is 0 Å². The number of aliphatic hydroxyl groups is 2. The molecule has 7 unspecified atom stereocenters. The van der Waals surface area contributed by atoms with Crippen molar-refractivity contribution in [3.05, 3.63) is 0 Å². The Kier molecular flexibility index (Phi) is 5.68. The minimum Gasteiger partial charge on any atom is -0.393 e. The largest absolute Gasteiger partial charge is 0.393 e. The number of aliphatic hydroxyl groups excluding tert-OH is 1. The lowest BCUT2D eigenvalue weighted by atomic mass is 9.54. The summed E-state index contributed by atoms with van der Waals surface area (Å²) in [6.07, 6.45) is 0.826. The van der Waals surface area contributed by atoms with Crippen molar-refractivity contribution >= 4 is 0 Å². The molecule has 4 rings (SSSR count). The summed E-state index contributed by atoms with van der Waals surface area (Å²) >= 11 is 0. The van der Waals surface area contributed by atoms with Gasteiger partial charge in [0.25, 0.3) is 0 Å². The molecule has 0 spiro atoms. The zero-order valence-electron chi connectivity index (χ0n) is 16.9. The molecule has 3 N–H and O–H groups in total. The summed E-state index contributed by atoms with van der Waals surface area (Å²) in [4.78, 5) is 0. The van der Waals surface area contributed by atoms with Gasteiger partial charge in [0.2, 0.25) is 0 Å². The molecule has 0 radical (unpaired) electrons. The summed E-state index contributed by atoms with van der Waals surface area (Å²) in [6, 6.07) is 0. The number of nitrogens with one attached hydrogen (secondary N) is 1. The molecule has 0 bridgehead atoms. The van der Waals surface area contributed by atoms with Gasteiger partial charge < -0.3 is 15.5 Å². The van der Waals surface area contributed by atoms with Crippen LogP contribution in [0.4, 0.5) is 13.2 Å². The van der Waals surface area contributed by atoms with Crippen molar-refractivity contribution < 1.29 is 23.4 Å². The van der Waals surface area contributed by atoms with Gasteiger partial charge in [0.15, 0.2) is 0 Å². The standard InChI is InChI=1S/C19H29F3O2.C2H7N/c1-16-8-9-18(22)11-17(21)10-13(23)3-2-12(17)6-7-19(18,24)14(16)4-5-15(16)20;1-3-2/h12-15,23-24H,2-11H2,1H3;3H,1-2H3/t12?,13?,14?,15?,16?,17?,18?,19-;/m0./s1. The summed E-state index contributed by atoms with van der Waals surface area (Å²) in [7, 11) is 3.75. The van der Waals surface area contributed by atoms with Crippen LogP contribution in [0.2, 0.25) is 0 Å². The molecule has 0 aromatic carbocycles. The van der Waals surface area contributed by atoms with E-state index in [4.69, 9.17) is 0 Å². The number of fused-ring (bicyclic) bond motifs is 4. The maximum Gasteiger partial charge on any atom is 0.142 e. The predicted octanol–water partition coefficient (Wildman–Crippen LogP) is 3.86. The molecule has 0 aromatic heterocycles. The molecule has 6 heteroatoms. The number of hydrogen-bond donors (Lipinski definition) is 3. The zero-order valence-corrected chi connectivity index (χ0v) is 16.9. The first-order valence-corrected chi connectivity index (χ1v) is 10.6. The van der Waals surface area contributed by atoms with E-state index in [9.17, 15) is 14.6 Å². The third-order valence-corrected chi connectivity index (χ3v) is 8.24. The average Bonchev–Trinajstić information content (AvgIpc) is 2.83. The smallest absolute Gasteiger partial charge is 0.142 e. The Bertz CT molecular complexity index is 552. The molecule has 4 aliphatic carbocycles. The van der Waals surface area contributed by atoms with Gasteiger partial charge in [-0.05, 0) is 77.3 Å². The third-order valence-electron chi connectivity index (χ3n) is 8.24. The number of halogens is 3. The fourth-order valence-corrected chi connectivity index (χ4v) is 6.73. The molecule has 27 heavy (non-hydrogen) atoms. The Hall–Kier alpha value is -0.330. The van der Waals surface area contributed by atoms with E-state index in [1.54, 1.807) is 0 Å². The average molecular weight is 392 g/mol. The van der Waals surface area contributed by atoms with Crippen molar-refractivity contribution in [2.75, 3.05) is 14.1 Å². The Morgan fingerprint density at radius 2 is 1.63 bits per heavy atom. The minimum absolute atomic E-state index is 0.0193. The quantitative estimate of drug-likeness (QED) is 0.588. The molecule has 0 aromatic rings. The van der Waals surface area contributed by atoms with Crippen LogP contribution in [0.3, 0.4) is 0 Å². The third kappa shape index (κ3) is 3.24. The van der Waals surface area contributed by atoms with Crippen molar-refractivity contribution in [2.24, 2.45) is 17.3 Å².